The molecule has 2 rings (SSSR count). The van der Waals surface area contributed by atoms with Crippen LogP contribution in [-0.4, -0.2) is 43.5 Å². The Morgan fingerprint density at radius 3 is 2.81 bits per heavy atom. The molecule has 1 unspecified atom stereocenters. The summed E-state index contributed by atoms with van der Waals surface area (Å²) in [7, 11) is 3.18. The topological polar surface area (TPSA) is 41.6 Å². The van der Waals surface area contributed by atoms with Crippen LogP contribution in [0.5, 0.6) is 5.75 Å². The molecule has 0 saturated carbocycles. The van der Waals surface area contributed by atoms with Gasteiger partial charge < -0.3 is 9.64 Å². The Kier molecular flexibility index (Phi) is 5.92. The Morgan fingerprint density at radius 1 is 1.52 bits per heavy atom. The Morgan fingerprint density at radius 2 is 2.24 bits per heavy atom. The lowest BCUT2D eigenvalue weighted by Crippen LogP contribution is -2.41. The molecule has 1 heterocycles. The molecule has 1 N–H and O–H groups in total. The third kappa shape index (κ3) is 4.54. The van der Waals surface area contributed by atoms with E-state index in [0.29, 0.717) is 12.3 Å². The second kappa shape index (κ2) is 7.04. The van der Waals surface area contributed by atoms with Gasteiger partial charge in [0.25, 0.3) is 5.92 Å². The predicted molar refractivity (Wildman–Crippen MR) is 78.1 cm³/mol. The minimum atomic E-state index is -2.79. The van der Waals surface area contributed by atoms with E-state index in [0.717, 1.165) is 5.56 Å². The van der Waals surface area contributed by atoms with Crippen LogP contribution < -0.4 is 10.1 Å². The quantitative estimate of drug-likeness (QED) is 0.923. The van der Waals surface area contributed by atoms with Crippen molar-refractivity contribution in [3.8, 4) is 5.75 Å². The highest BCUT2D eigenvalue weighted by atomic mass is 35.5. The van der Waals surface area contributed by atoms with Gasteiger partial charge in [0.15, 0.2) is 0 Å². The van der Waals surface area contributed by atoms with E-state index in [1.807, 2.05) is 24.3 Å². The molecule has 1 aliphatic heterocycles. The Balaban J connectivity index is 0.00000220. The molecule has 21 heavy (non-hydrogen) atoms. The number of carbonyl (C=O) groups is 1. The molecule has 118 valence electrons. The summed E-state index contributed by atoms with van der Waals surface area (Å²) in [5.74, 6) is -2.41. The van der Waals surface area contributed by atoms with Gasteiger partial charge in [-0.2, -0.15) is 0 Å². The summed E-state index contributed by atoms with van der Waals surface area (Å²) in [5.41, 5.74) is 0.893. The van der Waals surface area contributed by atoms with E-state index in [-0.39, 0.29) is 18.3 Å². The van der Waals surface area contributed by atoms with E-state index < -0.39 is 24.9 Å². The number of amides is 1. The second-order valence-corrected chi connectivity index (χ2v) is 5.04. The summed E-state index contributed by atoms with van der Waals surface area (Å²) in [6.07, 6.45) is -0.436. The van der Waals surface area contributed by atoms with Gasteiger partial charge in [0.2, 0.25) is 5.91 Å². The molecule has 1 aromatic rings. The van der Waals surface area contributed by atoms with Crippen LogP contribution >= 0.6 is 12.4 Å². The van der Waals surface area contributed by atoms with Crippen LogP contribution in [0.3, 0.4) is 0 Å². The van der Waals surface area contributed by atoms with Crippen LogP contribution in [0.2, 0.25) is 0 Å². The molecular formula is C14H19ClF2N2O2. The van der Waals surface area contributed by atoms with E-state index in [1.54, 1.807) is 14.2 Å². The molecule has 0 spiro atoms. The van der Waals surface area contributed by atoms with Crippen LogP contribution in [0.1, 0.15) is 12.0 Å². The molecule has 1 aliphatic rings. The fraction of sp³-hybridized carbons (Fsp3) is 0.500. The maximum Gasteiger partial charge on any atom is 0.262 e. The van der Waals surface area contributed by atoms with E-state index in [2.05, 4.69) is 5.32 Å². The first-order valence-electron chi connectivity index (χ1n) is 6.40. The van der Waals surface area contributed by atoms with Crippen molar-refractivity contribution in [2.24, 2.45) is 0 Å². The summed E-state index contributed by atoms with van der Waals surface area (Å²) in [5, 5.41) is 2.57. The highest BCUT2D eigenvalue weighted by Gasteiger charge is 2.43. The van der Waals surface area contributed by atoms with Gasteiger partial charge >= 0.3 is 0 Å². The predicted octanol–water partition coefficient (Wildman–Crippen LogP) is 2.07. The first-order chi connectivity index (χ1) is 9.41. The zero-order valence-corrected chi connectivity index (χ0v) is 12.8. The minimum Gasteiger partial charge on any atom is -0.497 e. The fourth-order valence-electron chi connectivity index (χ4n) is 2.28. The molecule has 1 aromatic carbocycles. The van der Waals surface area contributed by atoms with Crippen LogP contribution in [0.4, 0.5) is 8.78 Å². The average Bonchev–Trinajstić information content (AvgIpc) is 2.78. The van der Waals surface area contributed by atoms with E-state index >= 15 is 0 Å². The number of nitrogens with one attached hydrogen (secondary N) is 1. The Bertz CT molecular complexity index is 500. The first kappa shape index (κ1) is 17.7. The number of rotatable bonds is 4. The summed E-state index contributed by atoms with van der Waals surface area (Å²) >= 11 is 0. The number of nitrogens with zero attached hydrogens (tertiary/aromatic N) is 1. The Labute approximate surface area is 128 Å². The lowest BCUT2D eigenvalue weighted by atomic mass is 10.1. The lowest BCUT2D eigenvalue weighted by Gasteiger charge is -2.21. The lowest BCUT2D eigenvalue weighted by molar-refractivity contribution is -0.132. The van der Waals surface area contributed by atoms with Gasteiger partial charge in [-0.25, -0.2) is 8.78 Å². The van der Waals surface area contributed by atoms with Crippen molar-refractivity contribution in [3.63, 3.8) is 0 Å². The zero-order chi connectivity index (χ0) is 14.8. The highest BCUT2D eigenvalue weighted by molar-refractivity contribution is 5.85. The molecule has 7 heteroatoms. The first-order valence-corrected chi connectivity index (χ1v) is 6.40. The van der Waals surface area contributed by atoms with Gasteiger partial charge in [-0.15, -0.1) is 12.4 Å². The summed E-state index contributed by atoms with van der Waals surface area (Å²) in [6.45, 7) is -0.0732. The van der Waals surface area contributed by atoms with Gasteiger partial charge in [0, 0.05) is 20.0 Å². The normalized spacial score (nSPS) is 19.7. The van der Waals surface area contributed by atoms with Crippen LogP contribution in [0.15, 0.2) is 24.3 Å². The van der Waals surface area contributed by atoms with Crippen LogP contribution in [-0.2, 0) is 11.3 Å². The highest BCUT2D eigenvalue weighted by Crippen LogP contribution is 2.26. The summed E-state index contributed by atoms with van der Waals surface area (Å²) in [6, 6.07) is 6.52. The number of halogens is 3. The number of hydrogen-bond donors (Lipinski definition) is 1. The van der Waals surface area contributed by atoms with Crippen LogP contribution in [0.25, 0.3) is 0 Å². The maximum atomic E-state index is 13.1. The van der Waals surface area contributed by atoms with Crippen molar-refractivity contribution >= 4 is 18.3 Å². The SMILES string of the molecule is COc1cccc(CN(C)C(=O)C2CC(F)(F)CN2)c1.Cl. The largest absolute Gasteiger partial charge is 0.497 e. The van der Waals surface area contributed by atoms with Gasteiger partial charge in [-0.1, -0.05) is 12.1 Å². The number of carbonyl (C=O) groups excluding carboxylic acids is 1. The number of ether oxygens (including phenoxy) is 1. The van der Waals surface area contributed by atoms with Crippen molar-refractivity contribution in [1.82, 2.24) is 10.2 Å². The van der Waals surface area contributed by atoms with Crippen molar-refractivity contribution < 1.29 is 18.3 Å². The molecule has 0 aromatic heterocycles. The molecule has 0 aliphatic carbocycles. The molecule has 1 amide bonds. The van der Waals surface area contributed by atoms with E-state index in [1.165, 1.54) is 4.90 Å². The minimum absolute atomic E-state index is 0. The molecule has 0 radical (unpaired) electrons. The zero-order valence-electron chi connectivity index (χ0n) is 11.9. The Hall–Kier alpha value is -1.40. The van der Waals surface area contributed by atoms with Crippen molar-refractivity contribution in [2.75, 3.05) is 20.7 Å². The van der Waals surface area contributed by atoms with Gasteiger partial charge in [-0.05, 0) is 17.7 Å². The summed E-state index contributed by atoms with van der Waals surface area (Å²) in [4.78, 5) is 13.5. The van der Waals surface area contributed by atoms with Crippen molar-refractivity contribution in [3.05, 3.63) is 29.8 Å². The fourth-order valence-corrected chi connectivity index (χ4v) is 2.28. The van der Waals surface area contributed by atoms with Gasteiger partial charge in [0.1, 0.15) is 5.75 Å². The second-order valence-electron chi connectivity index (χ2n) is 5.04. The number of benzene rings is 1. The number of hydrogen-bond acceptors (Lipinski definition) is 3. The maximum absolute atomic E-state index is 13.1. The standard InChI is InChI=1S/C14H18F2N2O2.ClH/c1-18(8-10-4-3-5-11(6-10)20-2)13(19)12-7-14(15,16)9-17-12;/h3-6,12,17H,7-9H2,1-2H3;1H. The van der Waals surface area contributed by atoms with Crippen LogP contribution in [0, 0.1) is 0 Å². The summed E-state index contributed by atoms with van der Waals surface area (Å²) < 4.78 is 31.3. The molecule has 1 saturated heterocycles. The molecule has 1 atom stereocenters. The van der Waals surface area contributed by atoms with Crippen molar-refractivity contribution in [1.29, 1.82) is 0 Å². The van der Waals surface area contributed by atoms with Crippen molar-refractivity contribution in [2.45, 2.75) is 24.9 Å². The van der Waals surface area contributed by atoms with Gasteiger partial charge in [0.05, 0.1) is 19.7 Å². The monoisotopic (exact) mass is 320 g/mol. The average molecular weight is 321 g/mol. The number of methoxy groups -OCH3 is 1. The molecule has 1 fully saturated rings. The number of alkyl halides is 2. The third-order valence-electron chi connectivity index (χ3n) is 3.34. The molecular weight excluding hydrogens is 302 g/mol. The van der Waals surface area contributed by atoms with E-state index in [4.69, 9.17) is 4.74 Å². The number of likely N-dealkylation sites (N-methyl/N-ethyl adjacent to an activating group) is 1. The third-order valence-corrected chi connectivity index (χ3v) is 3.34. The molecule has 0 bridgehead atoms. The van der Waals surface area contributed by atoms with E-state index in [9.17, 15) is 13.6 Å². The molecule has 4 nitrogen and oxygen atoms in total. The smallest absolute Gasteiger partial charge is 0.262 e. The van der Waals surface area contributed by atoms with Gasteiger partial charge in [-0.3, -0.25) is 10.1 Å².